The Morgan fingerprint density at radius 3 is 2.18 bits per heavy atom. The molecule has 64 valence electrons. The molecule has 0 saturated heterocycles. The van der Waals surface area contributed by atoms with Crippen LogP contribution in [-0.4, -0.2) is 17.7 Å². The van der Waals surface area contributed by atoms with Crippen LogP contribution in [0.2, 0.25) is 0 Å². The highest BCUT2D eigenvalue weighted by molar-refractivity contribution is 5.66. The number of nitrogens with two attached hydrogens (primary N) is 2. The van der Waals surface area contributed by atoms with Crippen molar-refractivity contribution in [3.63, 3.8) is 0 Å². The first-order valence-electron chi connectivity index (χ1n) is 3.77. The summed E-state index contributed by atoms with van der Waals surface area (Å²) in [5, 5.41) is 0. The van der Waals surface area contributed by atoms with Crippen molar-refractivity contribution in [2.45, 2.75) is 38.0 Å². The summed E-state index contributed by atoms with van der Waals surface area (Å²) in [5.74, 6) is -0.300. The fourth-order valence-corrected chi connectivity index (χ4v) is 1.31. The van der Waals surface area contributed by atoms with Crippen molar-refractivity contribution in [1.82, 2.24) is 0 Å². The summed E-state index contributed by atoms with van der Waals surface area (Å²) in [6.07, 6.45) is 2.09. The summed E-state index contributed by atoms with van der Waals surface area (Å²) < 4.78 is 5.05. The molecule has 0 amide bonds. The summed E-state index contributed by atoms with van der Waals surface area (Å²) >= 11 is 0. The second-order valence-corrected chi connectivity index (χ2v) is 3.04. The molecule has 4 nitrogen and oxygen atoms in total. The zero-order chi connectivity index (χ0) is 8.48. The van der Waals surface area contributed by atoms with Crippen LogP contribution in [0.15, 0.2) is 0 Å². The Morgan fingerprint density at radius 2 is 2.09 bits per heavy atom. The number of hydrogen-bond donors (Lipinski definition) is 2. The molecule has 0 bridgehead atoms. The van der Waals surface area contributed by atoms with Crippen molar-refractivity contribution in [2.75, 3.05) is 0 Å². The first-order valence-corrected chi connectivity index (χ1v) is 3.77. The van der Waals surface area contributed by atoms with Crippen LogP contribution in [0.3, 0.4) is 0 Å². The van der Waals surface area contributed by atoms with E-state index >= 15 is 0 Å². The van der Waals surface area contributed by atoms with E-state index in [1.165, 1.54) is 6.92 Å². The van der Waals surface area contributed by atoms with Crippen molar-refractivity contribution in [2.24, 2.45) is 11.5 Å². The van der Waals surface area contributed by atoms with Gasteiger partial charge in [-0.2, -0.15) is 0 Å². The Balaban J connectivity index is 2.53. The van der Waals surface area contributed by atoms with Crippen LogP contribution < -0.4 is 11.5 Å². The van der Waals surface area contributed by atoms with E-state index in [0.717, 1.165) is 19.3 Å². The summed E-state index contributed by atoms with van der Waals surface area (Å²) in [5.41, 5.74) is 10.4. The molecule has 1 aliphatic rings. The molecule has 0 radical (unpaired) electrons. The maximum atomic E-state index is 10.6. The van der Waals surface area contributed by atoms with E-state index in [-0.39, 0.29) is 5.97 Å². The van der Waals surface area contributed by atoms with Gasteiger partial charge in [0.25, 0.3) is 0 Å². The largest absolute Gasteiger partial charge is 0.456 e. The zero-order valence-corrected chi connectivity index (χ0v) is 6.67. The van der Waals surface area contributed by atoms with E-state index in [9.17, 15) is 4.79 Å². The SMILES string of the molecule is CC(=O)OC1(C(N)N)CCC1. The van der Waals surface area contributed by atoms with Crippen molar-refractivity contribution >= 4 is 5.97 Å². The molecule has 1 rings (SSSR count). The summed E-state index contributed by atoms with van der Waals surface area (Å²) in [7, 11) is 0. The number of carbonyl (C=O) groups excluding carboxylic acids is 1. The molecule has 4 heteroatoms. The molecule has 4 N–H and O–H groups in total. The molecule has 0 aromatic rings. The molecular formula is C7H14N2O2. The average Bonchev–Trinajstić information content (AvgIpc) is 1.77. The van der Waals surface area contributed by atoms with E-state index < -0.39 is 11.8 Å². The van der Waals surface area contributed by atoms with E-state index in [4.69, 9.17) is 16.2 Å². The van der Waals surface area contributed by atoms with Gasteiger partial charge in [-0.05, 0) is 19.3 Å². The third-order valence-electron chi connectivity index (χ3n) is 2.15. The Hall–Kier alpha value is -0.610. The topological polar surface area (TPSA) is 78.3 Å². The summed E-state index contributed by atoms with van der Waals surface area (Å²) in [6, 6.07) is 0. The number of ether oxygens (including phenoxy) is 1. The van der Waals surface area contributed by atoms with Crippen LogP contribution in [0.4, 0.5) is 0 Å². The molecule has 0 atom stereocenters. The molecule has 0 aromatic carbocycles. The van der Waals surface area contributed by atoms with Crippen LogP contribution in [0, 0.1) is 0 Å². The van der Waals surface area contributed by atoms with Crippen molar-refractivity contribution in [1.29, 1.82) is 0 Å². The minimum absolute atomic E-state index is 0.300. The highest BCUT2D eigenvalue weighted by Crippen LogP contribution is 2.36. The predicted molar refractivity (Wildman–Crippen MR) is 40.5 cm³/mol. The normalized spacial score (nSPS) is 21.1. The highest BCUT2D eigenvalue weighted by Gasteiger charge is 2.44. The van der Waals surface area contributed by atoms with Crippen molar-refractivity contribution in [3.05, 3.63) is 0 Å². The van der Waals surface area contributed by atoms with Gasteiger partial charge in [-0.1, -0.05) is 0 Å². The standard InChI is InChI=1S/C7H14N2O2/c1-5(10)11-7(6(8)9)3-2-4-7/h6H,2-4,8-9H2,1H3. The molecule has 1 saturated carbocycles. The predicted octanol–water partition coefficient (Wildman–Crippen LogP) is -0.284. The smallest absolute Gasteiger partial charge is 0.303 e. The van der Waals surface area contributed by atoms with Gasteiger partial charge in [0.1, 0.15) is 5.60 Å². The van der Waals surface area contributed by atoms with Crippen LogP contribution in [0.1, 0.15) is 26.2 Å². The number of hydrogen-bond acceptors (Lipinski definition) is 4. The molecule has 0 unspecified atom stereocenters. The number of esters is 1. The van der Waals surface area contributed by atoms with E-state index in [0.29, 0.717) is 0 Å². The lowest BCUT2D eigenvalue weighted by molar-refractivity contribution is -0.170. The van der Waals surface area contributed by atoms with E-state index in [1.807, 2.05) is 0 Å². The molecule has 0 aliphatic heterocycles. The summed E-state index contributed by atoms with van der Waals surface area (Å²) in [4.78, 5) is 10.6. The number of rotatable bonds is 2. The maximum absolute atomic E-state index is 10.6. The molecule has 1 aliphatic carbocycles. The lowest BCUT2D eigenvalue weighted by atomic mass is 9.78. The van der Waals surface area contributed by atoms with Gasteiger partial charge in [0.05, 0.1) is 6.17 Å². The third kappa shape index (κ3) is 1.52. The average molecular weight is 158 g/mol. The Labute approximate surface area is 65.9 Å². The molecule has 0 aromatic heterocycles. The van der Waals surface area contributed by atoms with Crippen molar-refractivity contribution in [3.8, 4) is 0 Å². The van der Waals surface area contributed by atoms with Gasteiger partial charge in [-0.25, -0.2) is 0 Å². The van der Waals surface area contributed by atoms with E-state index in [1.54, 1.807) is 0 Å². The van der Waals surface area contributed by atoms with Gasteiger partial charge in [-0.3, -0.25) is 4.79 Å². The Kier molecular flexibility index (Phi) is 2.15. The zero-order valence-electron chi connectivity index (χ0n) is 6.67. The minimum Gasteiger partial charge on any atom is -0.456 e. The van der Waals surface area contributed by atoms with Crippen LogP contribution in [0.5, 0.6) is 0 Å². The molecule has 0 spiro atoms. The van der Waals surface area contributed by atoms with Crippen molar-refractivity contribution < 1.29 is 9.53 Å². The minimum atomic E-state index is -0.550. The Bertz CT molecular complexity index is 164. The van der Waals surface area contributed by atoms with Gasteiger partial charge < -0.3 is 16.2 Å². The molecule has 1 fully saturated rings. The lowest BCUT2D eigenvalue weighted by Crippen LogP contribution is -2.60. The maximum Gasteiger partial charge on any atom is 0.303 e. The summed E-state index contributed by atoms with van der Waals surface area (Å²) in [6.45, 7) is 1.38. The van der Waals surface area contributed by atoms with Gasteiger partial charge in [-0.15, -0.1) is 0 Å². The third-order valence-corrected chi connectivity index (χ3v) is 2.15. The van der Waals surface area contributed by atoms with E-state index in [2.05, 4.69) is 0 Å². The molecule has 11 heavy (non-hydrogen) atoms. The second-order valence-electron chi connectivity index (χ2n) is 3.04. The highest BCUT2D eigenvalue weighted by atomic mass is 16.6. The van der Waals surface area contributed by atoms with Gasteiger partial charge >= 0.3 is 5.97 Å². The first-order chi connectivity index (χ1) is 5.07. The fraction of sp³-hybridized carbons (Fsp3) is 0.857. The van der Waals surface area contributed by atoms with Gasteiger partial charge in [0.15, 0.2) is 0 Å². The quantitative estimate of drug-likeness (QED) is 0.428. The fourth-order valence-electron chi connectivity index (χ4n) is 1.31. The van der Waals surface area contributed by atoms with Gasteiger partial charge in [0.2, 0.25) is 0 Å². The molecular weight excluding hydrogens is 144 g/mol. The lowest BCUT2D eigenvalue weighted by Gasteiger charge is -2.43. The molecule has 0 heterocycles. The first kappa shape index (κ1) is 8.49. The van der Waals surface area contributed by atoms with Crippen LogP contribution >= 0.6 is 0 Å². The monoisotopic (exact) mass is 158 g/mol. The van der Waals surface area contributed by atoms with Crippen LogP contribution in [-0.2, 0) is 9.53 Å². The number of carbonyl (C=O) groups is 1. The second kappa shape index (κ2) is 2.79. The Morgan fingerprint density at radius 1 is 1.55 bits per heavy atom. The van der Waals surface area contributed by atoms with Gasteiger partial charge in [0, 0.05) is 6.92 Å². The van der Waals surface area contributed by atoms with Crippen LogP contribution in [0.25, 0.3) is 0 Å².